The van der Waals surface area contributed by atoms with Crippen molar-refractivity contribution in [3.05, 3.63) is 89.4 Å². The number of benzene rings is 3. The first-order valence-electron chi connectivity index (χ1n) is 21.0. The Morgan fingerprint density at radius 2 is 1.66 bits per heavy atom. The van der Waals surface area contributed by atoms with Gasteiger partial charge in [0.15, 0.2) is 0 Å². The maximum atomic E-state index is 14.2. The number of amides is 3. The number of carbonyl (C=O) groups is 4. The minimum atomic E-state index is -3.23. The summed E-state index contributed by atoms with van der Waals surface area (Å²) in [5.74, 6) is -0.300. The Labute approximate surface area is 351 Å². The maximum Gasteiger partial charge on any atom is 0.258 e. The van der Waals surface area contributed by atoms with Crippen LogP contribution >= 0.6 is 11.6 Å². The number of nitrogens with zero attached hydrogens (tertiary/aromatic N) is 1. The first-order chi connectivity index (χ1) is 27.6. The molecule has 0 unspecified atom stereocenters. The van der Waals surface area contributed by atoms with Gasteiger partial charge in [0.05, 0.1) is 17.7 Å². The topological polar surface area (TPSA) is 137 Å². The average molecular weight is 832 g/mol. The molecule has 0 aliphatic carbocycles. The van der Waals surface area contributed by atoms with Crippen LogP contribution in [0.4, 0.5) is 0 Å². The minimum Gasteiger partial charge on any atom is -0.495 e. The Bertz CT molecular complexity index is 1840. The second-order valence-corrected chi connectivity index (χ2v) is 21.5. The fourth-order valence-electron chi connectivity index (χ4n) is 8.77. The van der Waals surface area contributed by atoms with Crippen LogP contribution < -0.4 is 31.1 Å². The van der Waals surface area contributed by atoms with Crippen LogP contribution in [-0.4, -0.2) is 85.4 Å². The van der Waals surface area contributed by atoms with Gasteiger partial charge in [-0.15, -0.1) is 0 Å². The van der Waals surface area contributed by atoms with Crippen molar-refractivity contribution in [2.24, 2.45) is 5.92 Å². The molecule has 0 spiro atoms. The summed E-state index contributed by atoms with van der Waals surface area (Å²) in [6.45, 7) is 10.7. The molecule has 2 aliphatic rings. The van der Waals surface area contributed by atoms with Gasteiger partial charge in [0.1, 0.15) is 23.6 Å². The third kappa shape index (κ3) is 10.4. The highest BCUT2D eigenvalue weighted by Gasteiger charge is 2.50. The first kappa shape index (κ1) is 45.1. The summed E-state index contributed by atoms with van der Waals surface area (Å²) in [5.41, 5.74) is -0.215. The van der Waals surface area contributed by atoms with Crippen molar-refractivity contribution in [2.45, 2.75) is 128 Å². The molecule has 0 radical (unpaired) electrons. The third-order valence-corrected chi connectivity index (χ3v) is 17.4. The monoisotopic (exact) mass is 830 g/mol. The van der Waals surface area contributed by atoms with Crippen LogP contribution in [0.5, 0.6) is 5.75 Å². The van der Waals surface area contributed by atoms with E-state index in [0.29, 0.717) is 62.4 Å². The highest BCUT2D eigenvalue weighted by molar-refractivity contribution is 6.98. The van der Waals surface area contributed by atoms with Crippen LogP contribution in [0.3, 0.4) is 0 Å². The van der Waals surface area contributed by atoms with Crippen molar-refractivity contribution in [1.82, 2.24) is 20.9 Å². The number of ether oxygens (including phenoxy) is 1. The zero-order chi connectivity index (χ0) is 42.1. The lowest BCUT2D eigenvalue weighted by atomic mass is 9.91. The van der Waals surface area contributed by atoms with Crippen molar-refractivity contribution in [2.75, 3.05) is 20.2 Å². The molecule has 0 bridgehead atoms. The zero-order valence-electron chi connectivity index (χ0n) is 35.1. The number of methoxy groups -OCH3 is 1. The summed E-state index contributed by atoms with van der Waals surface area (Å²) in [7, 11) is -1.70. The minimum absolute atomic E-state index is 0.184. The highest BCUT2D eigenvalue weighted by atomic mass is 35.5. The Morgan fingerprint density at radius 3 is 2.28 bits per heavy atom. The summed E-state index contributed by atoms with van der Waals surface area (Å²) in [6, 6.07) is 23.3. The molecular weight excluding hydrogens is 768 g/mol. The maximum absolute atomic E-state index is 14.2. The molecule has 314 valence electrons. The van der Waals surface area contributed by atoms with Crippen molar-refractivity contribution in [3.63, 3.8) is 0 Å². The molecular formula is C46H63ClN4O6Si. The van der Waals surface area contributed by atoms with Gasteiger partial charge in [-0.05, 0) is 78.6 Å². The lowest BCUT2D eigenvalue weighted by Crippen LogP contribution is -2.65. The van der Waals surface area contributed by atoms with Crippen LogP contribution in [0.15, 0.2) is 78.9 Å². The van der Waals surface area contributed by atoms with Gasteiger partial charge in [-0.3, -0.25) is 19.2 Å². The average Bonchev–Trinajstić information content (AvgIpc) is 3.72. The molecule has 58 heavy (non-hydrogen) atoms. The smallest absolute Gasteiger partial charge is 0.258 e. The van der Waals surface area contributed by atoms with Crippen molar-refractivity contribution in [3.8, 4) is 5.75 Å². The summed E-state index contributed by atoms with van der Waals surface area (Å²) < 4.78 is 5.39. The number of unbranched alkanes of at least 4 members (excludes halogenated alkanes) is 2. The molecule has 2 aliphatic heterocycles. The van der Waals surface area contributed by atoms with E-state index in [1.807, 2.05) is 87.5 Å². The number of halogens is 1. The molecule has 3 amide bonds. The van der Waals surface area contributed by atoms with E-state index in [9.17, 15) is 24.0 Å². The van der Waals surface area contributed by atoms with Crippen molar-refractivity contribution >= 4 is 53.8 Å². The molecule has 5 rings (SSSR count). The Hall–Kier alpha value is -4.03. The number of Topliss-reactive ketones (excluding diaryl/α,β-unsaturated/α-hetero) is 1. The van der Waals surface area contributed by atoms with Gasteiger partial charge in [-0.25, -0.2) is 0 Å². The van der Waals surface area contributed by atoms with Crippen LogP contribution in [0, 0.1) is 5.92 Å². The Kier molecular flexibility index (Phi) is 15.4. The van der Waals surface area contributed by atoms with E-state index in [2.05, 4.69) is 29.8 Å². The fraction of sp³-hybridized carbons (Fsp3) is 0.522. The number of nitrogens with one attached hydrogen (secondary N) is 3. The number of hydrogen-bond donors (Lipinski definition) is 4. The third-order valence-electron chi connectivity index (χ3n) is 12.6. The molecule has 4 N–H and O–H groups in total. The second-order valence-electron chi connectivity index (χ2n) is 17.2. The van der Waals surface area contributed by atoms with E-state index >= 15 is 0 Å². The summed E-state index contributed by atoms with van der Waals surface area (Å²) >= 11 is 6.26. The molecule has 5 atom stereocenters. The van der Waals surface area contributed by atoms with Crippen LogP contribution in [0.25, 0.3) is 0 Å². The predicted octanol–water partition coefficient (Wildman–Crippen LogP) is 5.70. The number of ketones is 1. The molecule has 12 heteroatoms. The summed E-state index contributed by atoms with van der Waals surface area (Å²) in [5, 5.41) is 11.5. The lowest BCUT2D eigenvalue weighted by Gasteiger charge is -2.42. The number of rotatable bonds is 16. The quantitative estimate of drug-likeness (QED) is 0.107. The van der Waals surface area contributed by atoms with E-state index in [1.54, 1.807) is 17.0 Å². The molecule has 10 nitrogen and oxygen atoms in total. The molecule has 2 saturated heterocycles. The molecule has 0 saturated carbocycles. The van der Waals surface area contributed by atoms with Gasteiger partial charge in [-0.1, -0.05) is 119 Å². The zero-order valence-corrected chi connectivity index (χ0v) is 36.9. The van der Waals surface area contributed by atoms with Gasteiger partial charge in [0, 0.05) is 37.9 Å². The molecule has 0 aromatic heterocycles. The number of fused-ring (bicyclic) bond motifs is 1. The second kappa shape index (κ2) is 19.8. The molecule has 3 aromatic carbocycles. The largest absolute Gasteiger partial charge is 0.495 e. The molecule has 2 heterocycles. The van der Waals surface area contributed by atoms with Crippen LogP contribution in [0.1, 0.15) is 98.0 Å². The highest BCUT2D eigenvalue weighted by Crippen LogP contribution is 2.42. The normalized spacial score (nSPS) is 22.6. The van der Waals surface area contributed by atoms with E-state index < -0.39 is 31.0 Å². The van der Waals surface area contributed by atoms with Gasteiger partial charge in [-0.2, -0.15) is 0 Å². The fourth-order valence-corrected chi connectivity index (χ4v) is 12.8. The van der Waals surface area contributed by atoms with Crippen molar-refractivity contribution in [1.29, 1.82) is 0 Å². The molecule has 2 fully saturated rings. The molecule has 3 aromatic rings. The Morgan fingerprint density at radius 1 is 1.00 bits per heavy atom. The lowest BCUT2D eigenvalue weighted by molar-refractivity contribution is -0.142. The Balaban J connectivity index is 1.20. The van der Waals surface area contributed by atoms with Gasteiger partial charge >= 0.3 is 0 Å². The van der Waals surface area contributed by atoms with E-state index in [4.69, 9.17) is 16.3 Å². The number of carbonyl (C=O) groups excluding carboxylic acids is 4. The number of hydrogen-bond acceptors (Lipinski definition) is 7. The summed E-state index contributed by atoms with van der Waals surface area (Å²) in [4.78, 5) is 69.7. The van der Waals surface area contributed by atoms with E-state index in [-0.39, 0.29) is 41.9 Å². The first-order valence-corrected chi connectivity index (χ1v) is 23.3. The van der Waals surface area contributed by atoms with Crippen LogP contribution in [-0.2, 0) is 25.6 Å². The van der Waals surface area contributed by atoms with Gasteiger partial charge in [0.2, 0.25) is 17.7 Å². The van der Waals surface area contributed by atoms with Crippen LogP contribution in [0.2, 0.25) is 10.1 Å². The van der Waals surface area contributed by atoms with Crippen molar-refractivity contribution < 1.29 is 28.7 Å². The standard InChI is InChI=1S/C46H63ClN4O6Si/c1-7-46(5)44(55)50-38(28-33-25-26-37(47)41(29-33)57-6)43(54)51-27-17-23-39(51)42(53)49-34(31-48-46)18-11-8-16-24-40(52)32(2)30-45(3,4)58(56,35-19-12-9-13-20-35)36-21-14-10-15-22-36/h9-10,12-15,19-22,25-26,29,32,34,38-39,48,56H,7-8,11,16-18,23-24,27-28,30-31H2,1-6H3,(H,49,53)(H,50,55)/t32-,34-,38-,39+,46-/m0/s1. The van der Waals surface area contributed by atoms with E-state index in [1.165, 1.54) is 7.11 Å². The predicted molar refractivity (Wildman–Crippen MR) is 233 cm³/mol. The van der Waals surface area contributed by atoms with E-state index in [0.717, 1.165) is 35.2 Å². The van der Waals surface area contributed by atoms with Gasteiger partial charge < -0.3 is 30.4 Å². The van der Waals surface area contributed by atoms with Gasteiger partial charge in [0.25, 0.3) is 8.32 Å². The summed E-state index contributed by atoms with van der Waals surface area (Å²) in [6.07, 6.45) is 5.90. The SMILES string of the molecule is CC[C@]1(C)NC[C@H](CCCCCC(=O)[C@@H](C)CC(C)(C)[Si](O)(c2ccccc2)c2ccccc2)NC(=O)[C@H]2CCCN2C(=O)[C@H](Cc2ccc(Cl)c(OC)c2)NC1=O.